The average molecular weight is 784 g/mol. The van der Waals surface area contributed by atoms with E-state index >= 15 is 0 Å². The quantitative estimate of drug-likeness (QED) is 0.172. The lowest BCUT2D eigenvalue weighted by Gasteiger charge is -2.35. The molecule has 0 unspecified atom stereocenters. The summed E-state index contributed by atoms with van der Waals surface area (Å²) in [5, 5.41) is 0. The Morgan fingerprint density at radius 1 is 0.361 bits per heavy atom. The van der Waals surface area contributed by atoms with E-state index in [0.717, 1.165) is 19.3 Å². The number of aryl methyl sites for hydroxylation is 3. The summed E-state index contributed by atoms with van der Waals surface area (Å²) in [6.45, 7) is 4.83. The van der Waals surface area contributed by atoms with E-state index in [9.17, 15) is 0 Å². The lowest BCUT2D eigenvalue weighted by atomic mass is 9.70. The van der Waals surface area contributed by atoms with Crippen LogP contribution < -0.4 is 4.90 Å². The molecule has 0 saturated heterocycles. The molecule has 8 aromatic carbocycles. The zero-order valence-electron chi connectivity index (χ0n) is 35.2. The molecule has 5 aliphatic carbocycles. The Labute approximate surface area is 360 Å². The lowest BCUT2D eigenvalue weighted by Crippen LogP contribution is -2.26. The van der Waals surface area contributed by atoms with Gasteiger partial charge in [-0.2, -0.15) is 0 Å². The minimum Gasteiger partial charge on any atom is -0.310 e. The first-order valence-electron chi connectivity index (χ1n) is 22.8. The molecule has 0 radical (unpaired) electrons. The van der Waals surface area contributed by atoms with Crippen LogP contribution >= 0.6 is 0 Å². The first kappa shape index (κ1) is 35.3. The molecule has 0 bridgehead atoms. The lowest BCUT2D eigenvalue weighted by molar-refractivity contribution is 0.660. The van der Waals surface area contributed by atoms with Gasteiger partial charge in [0.1, 0.15) is 0 Å². The molecule has 294 valence electrons. The van der Waals surface area contributed by atoms with Crippen LogP contribution in [0.3, 0.4) is 0 Å². The Hall–Kier alpha value is -6.44. The van der Waals surface area contributed by atoms with Crippen molar-refractivity contribution in [2.24, 2.45) is 0 Å². The summed E-state index contributed by atoms with van der Waals surface area (Å²) in [7, 11) is 0. The van der Waals surface area contributed by atoms with Crippen molar-refractivity contribution in [1.82, 2.24) is 0 Å². The number of fused-ring (bicyclic) bond motifs is 15. The summed E-state index contributed by atoms with van der Waals surface area (Å²) in [6.07, 6.45) is 9.58. The van der Waals surface area contributed by atoms with Crippen LogP contribution in [0.1, 0.15) is 95.2 Å². The van der Waals surface area contributed by atoms with Gasteiger partial charge in [0.15, 0.2) is 0 Å². The molecule has 0 aromatic heterocycles. The Morgan fingerprint density at radius 3 is 1.64 bits per heavy atom. The largest absolute Gasteiger partial charge is 0.310 e. The molecule has 61 heavy (non-hydrogen) atoms. The van der Waals surface area contributed by atoms with Crippen LogP contribution in [-0.2, 0) is 36.5 Å². The van der Waals surface area contributed by atoms with Crippen molar-refractivity contribution < 1.29 is 0 Å². The highest BCUT2D eigenvalue weighted by molar-refractivity contribution is 6.00. The minimum absolute atomic E-state index is 0.119. The Balaban J connectivity index is 1.15. The third-order valence-electron chi connectivity index (χ3n) is 15.5. The predicted octanol–water partition coefficient (Wildman–Crippen LogP) is 15.2. The van der Waals surface area contributed by atoms with Crippen molar-refractivity contribution in [3.63, 3.8) is 0 Å². The normalized spacial score (nSPS) is 16.4. The van der Waals surface area contributed by atoms with Crippen molar-refractivity contribution in [3.05, 3.63) is 219 Å². The van der Waals surface area contributed by atoms with E-state index in [1.54, 1.807) is 0 Å². The summed E-state index contributed by atoms with van der Waals surface area (Å²) in [5.41, 5.74) is 28.4. The van der Waals surface area contributed by atoms with E-state index < -0.39 is 5.41 Å². The van der Waals surface area contributed by atoms with Crippen molar-refractivity contribution in [1.29, 1.82) is 0 Å². The number of hydrogen-bond donors (Lipinski definition) is 0. The third-order valence-corrected chi connectivity index (χ3v) is 15.5. The van der Waals surface area contributed by atoms with E-state index in [-0.39, 0.29) is 5.41 Å². The van der Waals surface area contributed by atoms with Crippen LogP contribution in [0.15, 0.2) is 164 Å². The van der Waals surface area contributed by atoms with Crippen LogP contribution in [0.2, 0.25) is 0 Å². The number of benzene rings is 8. The maximum absolute atomic E-state index is 2.70. The first-order chi connectivity index (χ1) is 30.0. The highest BCUT2D eigenvalue weighted by atomic mass is 15.1. The van der Waals surface area contributed by atoms with Crippen LogP contribution in [0.25, 0.3) is 44.5 Å². The number of rotatable bonds is 4. The van der Waals surface area contributed by atoms with Gasteiger partial charge in [0, 0.05) is 22.4 Å². The molecule has 0 heterocycles. The van der Waals surface area contributed by atoms with Gasteiger partial charge in [-0.1, -0.05) is 147 Å². The number of anilines is 3. The molecular weight excluding hydrogens is 735 g/mol. The summed E-state index contributed by atoms with van der Waals surface area (Å²) in [6, 6.07) is 64.0. The first-order valence-corrected chi connectivity index (χ1v) is 22.8. The fourth-order valence-electron chi connectivity index (χ4n) is 12.7. The summed E-state index contributed by atoms with van der Waals surface area (Å²) in [5.74, 6) is 0. The second-order valence-corrected chi connectivity index (χ2v) is 18.9. The standard InChI is InChI=1S/C60H49N/c1-59(2)51-25-11-7-21-44(51)48-33-32-42(35-55(48)59)61(57-29-15-19-39-17-5-6-20-43(39)57)58-37-56-50(36-49(58)41-31-30-38-16-3-4-18-40(38)34-41)47-24-10-14-28-54(47)60(56)52-26-12-8-22-45(52)46-23-9-13-27-53(46)60/h7-15,19,21-37H,3-6,16-18,20H2,1-2H3. The summed E-state index contributed by atoms with van der Waals surface area (Å²) in [4.78, 5) is 2.70. The molecule has 0 atom stereocenters. The Bertz CT molecular complexity index is 3090. The summed E-state index contributed by atoms with van der Waals surface area (Å²) >= 11 is 0. The molecule has 0 N–H and O–H groups in total. The fraction of sp³-hybridized carbons (Fsp3) is 0.200. The second kappa shape index (κ2) is 13.0. The molecule has 0 aliphatic heterocycles. The molecule has 0 fully saturated rings. The van der Waals surface area contributed by atoms with Gasteiger partial charge in [-0.3, -0.25) is 0 Å². The Morgan fingerprint density at radius 2 is 0.934 bits per heavy atom. The molecule has 1 heteroatoms. The fourth-order valence-corrected chi connectivity index (χ4v) is 12.7. The smallest absolute Gasteiger partial charge is 0.0726 e. The summed E-state index contributed by atoms with van der Waals surface area (Å²) < 4.78 is 0. The van der Waals surface area contributed by atoms with Crippen molar-refractivity contribution in [2.45, 2.75) is 76.0 Å². The van der Waals surface area contributed by atoms with E-state index in [1.165, 1.54) is 149 Å². The van der Waals surface area contributed by atoms with Gasteiger partial charge >= 0.3 is 0 Å². The average Bonchev–Trinajstić information content (AvgIpc) is 3.87. The van der Waals surface area contributed by atoms with Gasteiger partial charge in [0.2, 0.25) is 0 Å². The highest BCUT2D eigenvalue weighted by Gasteiger charge is 2.52. The monoisotopic (exact) mass is 783 g/mol. The maximum atomic E-state index is 2.70. The number of nitrogens with zero attached hydrogens (tertiary/aromatic N) is 1. The molecule has 5 aliphatic rings. The molecule has 13 rings (SSSR count). The minimum atomic E-state index is -0.439. The zero-order valence-corrected chi connectivity index (χ0v) is 35.2. The van der Waals surface area contributed by atoms with E-state index in [4.69, 9.17) is 0 Å². The third kappa shape index (κ3) is 4.84. The van der Waals surface area contributed by atoms with Gasteiger partial charge in [-0.05, 0) is 176 Å². The van der Waals surface area contributed by atoms with Crippen molar-refractivity contribution >= 4 is 17.1 Å². The molecule has 1 spiro atoms. The van der Waals surface area contributed by atoms with E-state index in [0.29, 0.717) is 0 Å². The molecule has 8 aromatic rings. The highest BCUT2D eigenvalue weighted by Crippen LogP contribution is 2.64. The Kier molecular flexibility index (Phi) is 7.55. The molecule has 0 saturated carbocycles. The molecular formula is C60H49N. The van der Waals surface area contributed by atoms with E-state index in [2.05, 4.69) is 183 Å². The van der Waals surface area contributed by atoms with Gasteiger partial charge in [0.05, 0.1) is 11.1 Å². The molecule has 1 nitrogen and oxygen atoms in total. The number of hydrogen-bond acceptors (Lipinski definition) is 1. The van der Waals surface area contributed by atoms with E-state index in [1.807, 2.05) is 0 Å². The zero-order chi connectivity index (χ0) is 40.5. The van der Waals surface area contributed by atoms with Crippen LogP contribution in [0.4, 0.5) is 17.1 Å². The second-order valence-electron chi connectivity index (χ2n) is 18.9. The van der Waals surface area contributed by atoms with Crippen LogP contribution in [0, 0.1) is 0 Å². The van der Waals surface area contributed by atoms with Gasteiger partial charge in [-0.25, -0.2) is 0 Å². The van der Waals surface area contributed by atoms with Gasteiger partial charge in [-0.15, -0.1) is 0 Å². The van der Waals surface area contributed by atoms with Gasteiger partial charge < -0.3 is 4.90 Å². The van der Waals surface area contributed by atoms with Gasteiger partial charge in [0.25, 0.3) is 0 Å². The van der Waals surface area contributed by atoms with Crippen molar-refractivity contribution in [3.8, 4) is 44.5 Å². The molecule has 0 amide bonds. The SMILES string of the molecule is CC1(C)c2ccccc2-c2ccc(N(c3cc4c(cc3-c3ccc5c(c3)CCCC5)-c3ccccc3C43c4ccccc4-c4ccccc43)c3cccc4c3CCCC4)cc21. The topological polar surface area (TPSA) is 3.24 Å². The maximum Gasteiger partial charge on any atom is 0.0726 e. The predicted molar refractivity (Wildman–Crippen MR) is 254 cm³/mol. The van der Waals surface area contributed by atoms with Crippen molar-refractivity contribution in [2.75, 3.05) is 4.90 Å². The van der Waals surface area contributed by atoms with Crippen LogP contribution in [-0.4, -0.2) is 0 Å². The van der Waals surface area contributed by atoms with Crippen LogP contribution in [0.5, 0.6) is 0 Å².